The van der Waals surface area contributed by atoms with Gasteiger partial charge in [0.2, 0.25) is 0 Å². The van der Waals surface area contributed by atoms with Gasteiger partial charge in [-0.25, -0.2) is 9.59 Å². The summed E-state index contributed by atoms with van der Waals surface area (Å²) in [5.41, 5.74) is 0.0585. The maximum atomic E-state index is 12.1. The third-order valence-electron chi connectivity index (χ3n) is 4.40. The van der Waals surface area contributed by atoms with E-state index < -0.39 is 23.7 Å². The van der Waals surface area contributed by atoms with Crippen LogP contribution in [0.5, 0.6) is 5.75 Å². The fraction of sp³-hybridized carbons (Fsp3) is 0.478. The average molecular weight is 402 g/mol. The number of carboxylic acid groups (broad SMARTS) is 1. The molecule has 6 nitrogen and oxygen atoms in total. The summed E-state index contributed by atoms with van der Waals surface area (Å²) in [5, 5.41) is 14.1. The molecule has 6 heteroatoms. The van der Waals surface area contributed by atoms with Crippen LogP contribution in [0.2, 0.25) is 0 Å². The lowest BCUT2D eigenvalue weighted by atomic mass is 9.97. The van der Waals surface area contributed by atoms with Gasteiger partial charge in [-0.1, -0.05) is 50.1 Å². The quantitative estimate of drug-likeness (QED) is 0.582. The van der Waals surface area contributed by atoms with Crippen molar-refractivity contribution in [3.8, 4) is 5.75 Å². The number of carboxylic acids is 1. The molecule has 0 radical (unpaired) electrons. The first-order valence-corrected chi connectivity index (χ1v) is 10.1. The Kier molecular flexibility index (Phi) is 7.88. The number of fused-ring (bicyclic) bond motifs is 1. The number of benzene rings is 2. The third kappa shape index (κ3) is 6.97. The first kappa shape index (κ1) is 22.5. The van der Waals surface area contributed by atoms with E-state index in [-0.39, 0.29) is 6.42 Å². The van der Waals surface area contributed by atoms with Gasteiger partial charge in [-0.2, -0.15) is 0 Å². The lowest BCUT2D eigenvalue weighted by Gasteiger charge is -2.23. The fourth-order valence-electron chi connectivity index (χ4n) is 3.05. The molecule has 0 saturated carbocycles. The van der Waals surface area contributed by atoms with Crippen LogP contribution in [0.1, 0.15) is 52.5 Å². The van der Waals surface area contributed by atoms with Gasteiger partial charge in [0, 0.05) is 12.0 Å². The largest absolute Gasteiger partial charge is 0.493 e. The van der Waals surface area contributed by atoms with Crippen molar-refractivity contribution in [1.82, 2.24) is 5.32 Å². The first-order chi connectivity index (χ1) is 13.7. The van der Waals surface area contributed by atoms with Crippen molar-refractivity contribution in [2.75, 3.05) is 6.61 Å². The number of ether oxygens (including phenoxy) is 2. The molecule has 0 aliphatic heterocycles. The van der Waals surface area contributed by atoms with Gasteiger partial charge in [-0.05, 0) is 44.0 Å². The van der Waals surface area contributed by atoms with Gasteiger partial charge in [-0.15, -0.1) is 0 Å². The Labute approximate surface area is 172 Å². The lowest BCUT2D eigenvalue weighted by molar-refractivity contribution is -0.139. The van der Waals surface area contributed by atoms with Gasteiger partial charge < -0.3 is 19.9 Å². The minimum absolute atomic E-state index is 0.0963. The summed E-state index contributed by atoms with van der Waals surface area (Å²) in [6.07, 6.45) is 2.44. The van der Waals surface area contributed by atoms with Gasteiger partial charge in [0.1, 0.15) is 17.4 Å². The SMILES string of the molecule is CCCCCOc1ccc2ccccc2c1CC(NC(=O)OC(C)(C)C)C(=O)O. The second kappa shape index (κ2) is 10.1. The molecule has 0 heterocycles. The standard InChI is InChI=1S/C23H31NO5/c1-5-6-9-14-28-20-13-12-16-10-7-8-11-17(16)18(20)15-19(21(25)26)24-22(27)29-23(2,3)4/h7-8,10-13,19H,5-6,9,14-15H2,1-4H3,(H,24,27)(H,25,26). The molecule has 1 amide bonds. The first-order valence-electron chi connectivity index (χ1n) is 10.1. The zero-order valence-electron chi connectivity index (χ0n) is 17.7. The molecule has 158 valence electrons. The monoisotopic (exact) mass is 401 g/mol. The summed E-state index contributed by atoms with van der Waals surface area (Å²) in [7, 11) is 0. The van der Waals surface area contributed by atoms with Crippen molar-refractivity contribution >= 4 is 22.8 Å². The van der Waals surface area contributed by atoms with Crippen molar-refractivity contribution in [3.63, 3.8) is 0 Å². The molecule has 2 aromatic carbocycles. The molecule has 0 aromatic heterocycles. The number of aliphatic carboxylic acids is 1. The number of nitrogens with one attached hydrogen (secondary N) is 1. The molecule has 0 bridgehead atoms. The number of hydrogen-bond acceptors (Lipinski definition) is 4. The number of carbonyl (C=O) groups excluding carboxylic acids is 1. The molecule has 0 fully saturated rings. The van der Waals surface area contributed by atoms with Crippen molar-refractivity contribution in [2.24, 2.45) is 0 Å². The summed E-state index contributed by atoms with van der Waals surface area (Å²) >= 11 is 0. The molecule has 1 unspecified atom stereocenters. The number of rotatable bonds is 9. The Balaban J connectivity index is 2.29. The average Bonchev–Trinajstić information content (AvgIpc) is 2.64. The number of hydrogen-bond donors (Lipinski definition) is 2. The van der Waals surface area contributed by atoms with Crippen molar-refractivity contribution in [2.45, 2.75) is 65.0 Å². The van der Waals surface area contributed by atoms with Crippen LogP contribution < -0.4 is 10.1 Å². The van der Waals surface area contributed by atoms with Crippen molar-refractivity contribution in [3.05, 3.63) is 42.0 Å². The Morgan fingerprint density at radius 1 is 1.10 bits per heavy atom. The minimum Gasteiger partial charge on any atom is -0.493 e. The zero-order chi connectivity index (χ0) is 21.4. The van der Waals surface area contributed by atoms with E-state index in [1.165, 1.54) is 0 Å². The summed E-state index contributed by atoms with van der Waals surface area (Å²) < 4.78 is 11.2. The van der Waals surface area contributed by atoms with E-state index in [4.69, 9.17) is 9.47 Å². The second-order valence-corrected chi connectivity index (χ2v) is 8.06. The highest BCUT2D eigenvalue weighted by Gasteiger charge is 2.26. The van der Waals surface area contributed by atoms with Crippen LogP contribution in [0.15, 0.2) is 36.4 Å². The zero-order valence-corrected chi connectivity index (χ0v) is 17.7. The number of carbonyl (C=O) groups is 2. The Bertz CT molecular complexity index is 841. The van der Waals surface area contributed by atoms with E-state index in [1.807, 2.05) is 36.4 Å². The molecule has 0 aliphatic rings. The van der Waals surface area contributed by atoms with Gasteiger partial charge in [0.15, 0.2) is 0 Å². The Morgan fingerprint density at radius 3 is 2.48 bits per heavy atom. The fourth-order valence-corrected chi connectivity index (χ4v) is 3.05. The van der Waals surface area contributed by atoms with Crippen LogP contribution in [-0.2, 0) is 16.0 Å². The third-order valence-corrected chi connectivity index (χ3v) is 4.40. The molecule has 2 N–H and O–H groups in total. The highest BCUT2D eigenvalue weighted by atomic mass is 16.6. The number of unbranched alkanes of at least 4 members (excludes halogenated alkanes) is 2. The highest BCUT2D eigenvalue weighted by molar-refractivity contribution is 5.89. The molecular weight excluding hydrogens is 370 g/mol. The van der Waals surface area contributed by atoms with Gasteiger partial charge in [0.25, 0.3) is 0 Å². The maximum Gasteiger partial charge on any atom is 0.408 e. The molecule has 0 saturated heterocycles. The molecule has 1 atom stereocenters. The predicted molar refractivity (Wildman–Crippen MR) is 113 cm³/mol. The Morgan fingerprint density at radius 2 is 1.83 bits per heavy atom. The molecule has 29 heavy (non-hydrogen) atoms. The van der Waals surface area contributed by atoms with Crippen molar-refractivity contribution in [1.29, 1.82) is 0 Å². The van der Waals surface area contributed by atoms with E-state index >= 15 is 0 Å². The van der Waals surface area contributed by atoms with Gasteiger partial charge in [-0.3, -0.25) is 0 Å². The van der Waals surface area contributed by atoms with E-state index in [1.54, 1.807) is 20.8 Å². The van der Waals surface area contributed by atoms with E-state index in [9.17, 15) is 14.7 Å². The van der Waals surface area contributed by atoms with Crippen LogP contribution in [0.25, 0.3) is 10.8 Å². The second-order valence-electron chi connectivity index (χ2n) is 8.06. The molecule has 0 spiro atoms. The lowest BCUT2D eigenvalue weighted by Crippen LogP contribution is -2.44. The summed E-state index contributed by atoms with van der Waals surface area (Å²) in [4.78, 5) is 24.0. The summed E-state index contributed by atoms with van der Waals surface area (Å²) in [6, 6.07) is 10.5. The highest BCUT2D eigenvalue weighted by Crippen LogP contribution is 2.30. The number of amides is 1. The summed E-state index contributed by atoms with van der Waals surface area (Å²) in [6.45, 7) is 7.89. The maximum absolute atomic E-state index is 12.1. The van der Waals surface area contributed by atoms with E-state index in [0.717, 1.165) is 35.6 Å². The van der Waals surface area contributed by atoms with Crippen LogP contribution in [0, 0.1) is 0 Å². The normalized spacial score (nSPS) is 12.4. The summed E-state index contributed by atoms with van der Waals surface area (Å²) in [5.74, 6) is -0.474. The Hall–Kier alpha value is -2.76. The van der Waals surface area contributed by atoms with E-state index in [2.05, 4.69) is 12.2 Å². The van der Waals surface area contributed by atoms with Gasteiger partial charge in [0.05, 0.1) is 6.61 Å². The molecule has 0 aliphatic carbocycles. The van der Waals surface area contributed by atoms with E-state index in [0.29, 0.717) is 12.4 Å². The topological polar surface area (TPSA) is 84.9 Å². The van der Waals surface area contributed by atoms with Crippen LogP contribution in [-0.4, -0.2) is 35.4 Å². The van der Waals surface area contributed by atoms with Gasteiger partial charge >= 0.3 is 12.1 Å². The number of alkyl carbamates (subject to hydrolysis) is 1. The molecule has 2 rings (SSSR count). The smallest absolute Gasteiger partial charge is 0.408 e. The van der Waals surface area contributed by atoms with Crippen LogP contribution >= 0.6 is 0 Å². The van der Waals surface area contributed by atoms with Crippen molar-refractivity contribution < 1.29 is 24.2 Å². The minimum atomic E-state index is -1.13. The molecular formula is C23H31NO5. The predicted octanol–water partition coefficient (Wildman–Crippen LogP) is 4.93. The van der Waals surface area contributed by atoms with Crippen LogP contribution in [0.3, 0.4) is 0 Å². The van der Waals surface area contributed by atoms with Crippen LogP contribution in [0.4, 0.5) is 4.79 Å². The molecule has 2 aromatic rings.